The highest BCUT2D eigenvalue weighted by molar-refractivity contribution is 4.86. The summed E-state index contributed by atoms with van der Waals surface area (Å²) in [5.41, 5.74) is 0. The van der Waals surface area contributed by atoms with Gasteiger partial charge < -0.3 is 0 Å². The van der Waals surface area contributed by atoms with Crippen molar-refractivity contribution in [2.24, 2.45) is 0 Å². The van der Waals surface area contributed by atoms with Crippen LogP contribution in [-0.2, 0) is 4.84 Å². The van der Waals surface area contributed by atoms with Gasteiger partial charge in [0.1, 0.15) is 0 Å². The Morgan fingerprint density at radius 2 is 2.00 bits per heavy atom. The van der Waals surface area contributed by atoms with Gasteiger partial charge in [-0.3, -0.25) is 4.84 Å². The molecule has 2 aliphatic heterocycles. The standard InChI is InChI=1S/C14H27NO/c1-3-5-8-12-9-6-10-13-11-14(7-4-2)16-15(12)13/h12-14H,3-11H2,1-2H3/t12-,13-,14+/m0/s1. The molecule has 2 aliphatic rings. The minimum absolute atomic E-state index is 0.525. The number of hydroxylamine groups is 2. The van der Waals surface area contributed by atoms with Crippen LogP contribution in [0.15, 0.2) is 0 Å². The van der Waals surface area contributed by atoms with E-state index in [0.29, 0.717) is 6.10 Å². The van der Waals surface area contributed by atoms with Gasteiger partial charge in [-0.25, -0.2) is 0 Å². The Labute approximate surface area is 100 Å². The molecule has 3 atom stereocenters. The van der Waals surface area contributed by atoms with Crippen molar-refractivity contribution in [1.82, 2.24) is 5.06 Å². The second kappa shape index (κ2) is 6.02. The van der Waals surface area contributed by atoms with E-state index in [1.165, 1.54) is 57.8 Å². The molecule has 0 aromatic carbocycles. The number of hydrogen-bond donors (Lipinski definition) is 0. The maximum Gasteiger partial charge on any atom is 0.0809 e. The molecule has 0 saturated carbocycles. The van der Waals surface area contributed by atoms with E-state index < -0.39 is 0 Å². The number of hydrogen-bond acceptors (Lipinski definition) is 2. The predicted octanol–water partition coefficient (Wildman–Crippen LogP) is 3.90. The Morgan fingerprint density at radius 3 is 2.75 bits per heavy atom. The fourth-order valence-electron chi connectivity index (χ4n) is 3.26. The van der Waals surface area contributed by atoms with Crippen LogP contribution in [0.25, 0.3) is 0 Å². The van der Waals surface area contributed by atoms with Gasteiger partial charge in [0.2, 0.25) is 0 Å². The lowest BCUT2D eigenvalue weighted by atomic mass is 9.92. The fourth-order valence-corrected chi connectivity index (χ4v) is 3.26. The molecule has 0 bridgehead atoms. The van der Waals surface area contributed by atoms with Crippen LogP contribution in [0.4, 0.5) is 0 Å². The molecule has 94 valence electrons. The Morgan fingerprint density at radius 1 is 1.12 bits per heavy atom. The molecule has 0 radical (unpaired) electrons. The molecule has 2 heteroatoms. The van der Waals surface area contributed by atoms with Gasteiger partial charge in [0.05, 0.1) is 6.10 Å². The highest BCUT2D eigenvalue weighted by atomic mass is 16.7. The van der Waals surface area contributed by atoms with Gasteiger partial charge in [-0.15, -0.1) is 0 Å². The first-order chi connectivity index (χ1) is 7.85. The van der Waals surface area contributed by atoms with E-state index >= 15 is 0 Å². The highest BCUT2D eigenvalue weighted by Crippen LogP contribution is 2.36. The molecular weight excluding hydrogens is 198 g/mol. The summed E-state index contributed by atoms with van der Waals surface area (Å²) >= 11 is 0. The van der Waals surface area contributed by atoms with Crippen molar-refractivity contribution in [3.63, 3.8) is 0 Å². The number of unbranched alkanes of at least 4 members (excludes halogenated alkanes) is 1. The molecule has 16 heavy (non-hydrogen) atoms. The van der Waals surface area contributed by atoms with Crippen LogP contribution in [0.5, 0.6) is 0 Å². The molecule has 0 spiro atoms. The van der Waals surface area contributed by atoms with Crippen LogP contribution in [-0.4, -0.2) is 23.3 Å². The van der Waals surface area contributed by atoms with Crippen molar-refractivity contribution in [3.05, 3.63) is 0 Å². The van der Waals surface area contributed by atoms with Crippen molar-refractivity contribution in [2.75, 3.05) is 0 Å². The first kappa shape index (κ1) is 12.4. The van der Waals surface area contributed by atoms with E-state index in [1.807, 2.05) is 0 Å². The number of rotatable bonds is 5. The van der Waals surface area contributed by atoms with E-state index in [1.54, 1.807) is 0 Å². The van der Waals surface area contributed by atoms with Crippen LogP contribution >= 0.6 is 0 Å². The van der Waals surface area contributed by atoms with Crippen molar-refractivity contribution in [2.45, 2.75) is 89.8 Å². The number of nitrogens with zero attached hydrogens (tertiary/aromatic N) is 1. The molecule has 0 aromatic heterocycles. The Kier molecular flexibility index (Phi) is 4.66. The van der Waals surface area contributed by atoms with E-state index in [4.69, 9.17) is 4.84 Å². The summed E-state index contributed by atoms with van der Waals surface area (Å²) < 4.78 is 0. The summed E-state index contributed by atoms with van der Waals surface area (Å²) in [7, 11) is 0. The molecule has 0 N–H and O–H groups in total. The predicted molar refractivity (Wildman–Crippen MR) is 67.2 cm³/mol. The third-order valence-electron chi connectivity index (χ3n) is 4.10. The quantitative estimate of drug-likeness (QED) is 0.703. The smallest absolute Gasteiger partial charge is 0.0809 e. The molecule has 2 nitrogen and oxygen atoms in total. The van der Waals surface area contributed by atoms with Crippen LogP contribution in [0.3, 0.4) is 0 Å². The Balaban J connectivity index is 1.87. The topological polar surface area (TPSA) is 12.5 Å². The van der Waals surface area contributed by atoms with Crippen LogP contribution in [0, 0.1) is 0 Å². The van der Waals surface area contributed by atoms with E-state index in [9.17, 15) is 0 Å². The first-order valence-corrected chi connectivity index (χ1v) is 7.30. The molecule has 2 rings (SSSR count). The molecule has 0 aliphatic carbocycles. The van der Waals surface area contributed by atoms with Crippen molar-refractivity contribution in [1.29, 1.82) is 0 Å². The summed E-state index contributed by atoms with van der Waals surface area (Å²) in [6.07, 6.45) is 12.5. The molecular formula is C14H27NO. The monoisotopic (exact) mass is 225 g/mol. The largest absolute Gasteiger partial charge is 0.295 e. The second-order valence-electron chi connectivity index (χ2n) is 5.49. The molecule has 0 amide bonds. The maximum absolute atomic E-state index is 6.15. The average Bonchev–Trinajstić information content (AvgIpc) is 2.69. The van der Waals surface area contributed by atoms with E-state index in [-0.39, 0.29) is 0 Å². The van der Waals surface area contributed by atoms with Gasteiger partial charge in [0.25, 0.3) is 0 Å². The maximum atomic E-state index is 6.15. The normalized spacial score (nSPS) is 35.2. The van der Waals surface area contributed by atoms with Crippen molar-refractivity contribution >= 4 is 0 Å². The van der Waals surface area contributed by atoms with Crippen molar-refractivity contribution in [3.8, 4) is 0 Å². The van der Waals surface area contributed by atoms with Gasteiger partial charge in [-0.1, -0.05) is 39.5 Å². The molecule has 0 aromatic rings. The zero-order valence-corrected chi connectivity index (χ0v) is 11.0. The minimum atomic E-state index is 0.525. The lowest BCUT2D eigenvalue weighted by molar-refractivity contribution is -0.203. The molecule has 2 saturated heterocycles. The second-order valence-corrected chi connectivity index (χ2v) is 5.49. The van der Waals surface area contributed by atoms with Crippen LogP contribution in [0.1, 0.15) is 71.6 Å². The Hall–Kier alpha value is -0.0800. The lowest BCUT2D eigenvalue weighted by Gasteiger charge is -2.35. The first-order valence-electron chi connectivity index (χ1n) is 7.30. The summed E-state index contributed by atoms with van der Waals surface area (Å²) in [5, 5.41) is 2.39. The van der Waals surface area contributed by atoms with Crippen LogP contribution in [0.2, 0.25) is 0 Å². The number of fused-ring (bicyclic) bond motifs is 1. The summed E-state index contributed by atoms with van der Waals surface area (Å²) in [4.78, 5) is 6.15. The van der Waals surface area contributed by atoms with Crippen molar-refractivity contribution < 1.29 is 4.84 Å². The molecule has 2 fully saturated rings. The zero-order chi connectivity index (χ0) is 11.4. The minimum Gasteiger partial charge on any atom is -0.295 e. The van der Waals surface area contributed by atoms with Gasteiger partial charge in [-0.2, -0.15) is 5.06 Å². The lowest BCUT2D eigenvalue weighted by Crippen LogP contribution is -2.41. The van der Waals surface area contributed by atoms with E-state index in [2.05, 4.69) is 18.9 Å². The van der Waals surface area contributed by atoms with Gasteiger partial charge >= 0.3 is 0 Å². The van der Waals surface area contributed by atoms with E-state index in [0.717, 1.165) is 12.1 Å². The van der Waals surface area contributed by atoms with Gasteiger partial charge in [0, 0.05) is 12.1 Å². The molecule has 0 unspecified atom stereocenters. The zero-order valence-electron chi connectivity index (χ0n) is 11.0. The average molecular weight is 225 g/mol. The SMILES string of the molecule is CCCC[C@H]1CCC[C@H]2C[C@@H](CCC)ON12. The fraction of sp³-hybridized carbons (Fsp3) is 1.00. The van der Waals surface area contributed by atoms with Gasteiger partial charge in [-0.05, 0) is 32.1 Å². The third-order valence-corrected chi connectivity index (χ3v) is 4.10. The summed E-state index contributed by atoms with van der Waals surface area (Å²) in [6.45, 7) is 4.54. The summed E-state index contributed by atoms with van der Waals surface area (Å²) in [5.74, 6) is 0. The molecule has 2 heterocycles. The highest BCUT2D eigenvalue weighted by Gasteiger charge is 2.39. The number of piperidine rings is 1. The summed E-state index contributed by atoms with van der Waals surface area (Å²) in [6, 6.07) is 1.47. The van der Waals surface area contributed by atoms with Gasteiger partial charge in [0.15, 0.2) is 0 Å². The Bertz CT molecular complexity index is 207. The van der Waals surface area contributed by atoms with Crippen LogP contribution < -0.4 is 0 Å². The third kappa shape index (κ3) is 2.78.